The molecule has 4 rings (SSSR count). The third-order valence-corrected chi connectivity index (χ3v) is 5.88. The summed E-state index contributed by atoms with van der Waals surface area (Å²) in [6, 6.07) is 19.2. The lowest BCUT2D eigenvalue weighted by Gasteiger charge is -2.41. The van der Waals surface area contributed by atoms with Crippen molar-refractivity contribution >= 4 is 0 Å². The molecule has 3 aromatic rings. The summed E-state index contributed by atoms with van der Waals surface area (Å²) in [7, 11) is 0. The molecule has 30 heavy (non-hydrogen) atoms. The number of rotatable bonds is 7. The average Bonchev–Trinajstić information content (AvgIpc) is 2.77. The van der Waals surface area contributed by atoms with Gasteiger partial charge in [0.1, 0.15) is 0 Å². The SMILES string of the molecule is Cc1ccccc1-c1ncc(CN2CCN(Cc3ccccc3)C(CCO)C2)cn1. The van der Waals surface area contributed by atoms with Crippen LogP contribution in [0.1, 0.15) is 23.1 Å². The summed E-state index contributed by atoms with van der Waals surface area (Å²) in [6.45, 7) is 7.05. The molecule has 1 unspecified atom stereocenters. The minimum atomic E-state index is 0.220. The summed E-state index contributed by atoms with van der Waals surface area (Å²) in [5, 5.41) is 9.57. The van der Waals surface area contributed by atoms with E-state index in [9.17, 15) is 5.11 Å². The van der Waals surface area contributed by atoms with Crippen molar-refractivity contribution in [3.63, 3.8) is 0 Å². The van der Waals surface area contributed by atoms with Crippen molar-refractivity contribution in [1.82, 2.24) is 19.8 Å². The molecule has 1 aromatic heterocycles. The van der Waals surface area contributed by atoms with E-state index < -0.39 is 0 Å². The maximum atomic E-state index is 9.57. The fourth-order valence-corrected chi connectivity index (χ4v) is 4.21. The van der Waals surface area contributed by atoms with E-state index >= 15 is 0 Å². The van der Waals surface area contributed by atoms with Gasteiger partial charge in [-0.2, -0.15) is 0 Å². The molecule has 1 atom stereocenters. The summed E-state index contributed by atoms with van der Waals surface area (Å²) in [6.07, 6.45) is 4.70. The van der Waals surface area contributed by atoms with Crippen molar-refractivity contribution < 1.29 is 5.11 Å². The van der Waals surface area contributed by atoms with Gasteiger partial charge in [-0.05, 0) is 24.5 Å². The summed E-state index contributed by atoms with van der Waals surface area (Å²) in [5.41, 5.74) is 4.73. The number of piperazine rings is 1. The Kier molecular flexibility index (Phi) is 6.84. The van der Waals surface area contributed by atoms with Crippen molar-refractivity contribution in [2.24, 2.45) is 0 Å². The Labute approximate surface area is 179 Å². The quantitative estimate of drug-likeness (QED) is 0.655. The zero-order valence-corrected chi connectivity index (χ0v) is 17.6. The van der Waals surface area contributed by atoms with Crippen LogP contribution < -0.4 is 0 Å². The van der Waals surface area contributed by atoms with Gasteiger partial charge in [-0.15, -0.1) is 0 Å². The van der Waals surface area contributed by atoms with Crippen LogP contribution in [0.5, 0.6) is 0 Å². The second-order valence-corrected chi connectivity index (χ2v) is 8.09. The van der Waals surface area contributed by atoms with Crippen LogP contribution in [0, 0.1) is 6.92 Å². The Morgan fingerprint density at radius 3 is 2.37 bits per heavy atom. The van der Waals surface area contributed by atoms with Crippen molar-refractivity contribution in [3.05, 3.63) is 83.7 Å². The van der Waals surface area contributed by atoms with E-state index in [2.05, 4.69) is 69.2 Å². The zero-order chi connectivity index (χ0) is 20.8. The molecule has 1 aliphatic heterocycles. The zero-order valence-electron chi connectivity index (χ0n) is 17.6. The van der Waals surface area contributed by atoms with Gasteiger partial charge in [-0.1, -0.05) is 54.6 Å². The third-order valence-electron chi connectivity index (χ3n) is 5.88. The Morgan fingerprint density at radius 2 is 1.63 bits per heavy atom. The fraction of sp³-hybridized carbons (Fsp3) is 0.360. The molecule has 5 heteroatoms. The standard InChI is InChI=1S/C25H30N4O/c1-20-7-5-6-10-24(20)25-26-15-22(16-27-25)17-28-12-13-29(23(19-28)11-14-30)18-21-8-3-2-4-9-21/h2-10,15-16,23,30H,11-14,17-19H2,1H3. The van der Waals surface area contributed by atoms with E-state index in [4.69, 9.17) is 0 Å². The number of aliphatic hydroxyl groups excluding tert-OH is 1. The van der Waals surface area contributed by atoms with Crippen LogP contribution in [0.2, 0.25) is 0 Å². The maximum absolute atomic E-state index is 9.57. The molecule has 2 heterocycles. The number of nitrogens with zero attached hydrogens (tertiary/aromatic N) is 4. The molecule has 5 nitrogen and oxygen atoms in total. The molecule has 0 spiro atoms. The largest absolute Gasteiger partial charge is 0.396 e. The van der Waals surface area contributed by atoms with E-state index in [1.807, 2.05) is 24.5 Å². The molecule has 156 valence electrons. The predicted octanol–water partition coefficient (Wildman–Crippen LogP) is 3.52. The molecular weight excluding hydrogens is 372 g/mol. The number of aliphatic hydroxyl groups is 1. The van der Waals surface area contributed by atoms with Gasteiger partial charge in [0.15, 0.2) is 5.82 Å². The van der Waals surface area contributed by atoms with Crippen LogP contribution in [-0.4, -0.2) is 57.2 Å². The Hall–Kier alpha value is -2.60. The third kappa shape index (κ3) is 5.11. The summed E-state index contributed by atoms with van der Waals surface area (Å²) < 4.78 is 0. The van der Waals surface area contributed by atoms with Crippen LogP contribution in [0.15, 0.2) is 67.0 Å². The van der Waals surface area contributed by atoms with Gasteiger partial charge >= 0.3 is 0 Å². The second-order valence-electron chi connectivity index (χ2n) is 8.09. The molecule has 0 radical (unpaired) electrons. The summed E-state index contributed by atoms with van der Waals surface area (Å²) in [4.78, 5) is 14.2. The average molecular weight is 403 g/mol. The first kappa shape index (κ1) is 20.7. The molecule has 0 bridgehead atoms. The topological polar surface area (TPSA) is 52.5 Å². The molecule has 1 N–H and O–H groups in total. The van der Waals surface area contributed by atoms with E-state index in [-0.39, 0.29) is 6.61 Å². The summed E-state index contributed by atoms with van der Waals surface area (Å²) >= 11 is 0. The second kappa shape index (κ2) is 9.94. The highest BCUT2D eigenvalue weighted by Gasteiger charge is 2.26. The van der Waals surface area contributed by atoms with Crippen molar-refractivity contribution in [1.29, 1.82) is 0 Å². The predicted molar refractivity (Wildman–Crippen MR) is 120 cm³/mol. The number of benzene rings is 2. The number of aromatic nitrogens is 2. The van der Waals surface area contributed by atoms with Gasteiger partial charge in [0.05, 0.1) is 0 Å². The van der Waals surface area contributed by atoms with Crippen LogP contribution >= 0.6 is 0 Å². The molecule has 1 saturated heterocycles. The van der Waals surface area contributed by atoms with Gasteiger partial charge in [0, 0.05) is 68.9 Å². The van der Waals surface area contributed by atoms with Crippen LogP contribution in [-0.2, 0) is 13.1 Å². The summed E-state index contributed by atoms with van der Waals surface area (Å²) in [5.74, 6) is 0.780. The van der Waals surface area contributed by atoms with E-state index in [0.29, 0.717) is 6.04 Å². The molecule has 1 fully saturated rings. The molecular formula is C25H30N4O. The molecule has 0 amide bonds. The Bertz CT molecular complexity index is 929. The van der Waals surface area contributed by atoms with E-state index in [1.54, 1.807) is 0 Å². The first-order valence-corrected chi connectivity index (χ1v) is 10.7. The fourth-order valence-electron chi connectivity index (χ4n) is 4.21. The van der Waals surface area contributed by atoms with Gasteiger partial charge < -0.3 is 5.11 Å². The molecule has 0 saturated carbocycles. The maximum Gasteiger partial charge on any atom is 0.159 e. The number of hydrogen-bond acceptors (Lipinski definition) is 5. The highest BCUT2D eigenvalue weighted by molar-refractivity contribution is 5.59. The van der Waals surface area contributed by atoms with Crippen molar-refractivity contribution in [3.8, 4) is 11.4 Å². The Balaban J connectivity index is 1.39. The highest BCUT2D eigenvalue weighted by Crippen LogP contribution is 2.21. The van der Waals surface area contributed by atoms with Gasteiger partial charge in [0.25, 0.3) is 0 Å². The first-order chi connectivity index (χ1) is 14.7. The lowest BCUT2D eigenvalue weighted by atomic mass is 10.1. The number of hydrogen-bond donors (Lipinski definition) is 1. The lowest BCUT2D eigenvalue weighted by molar-refractivity contribution is 0.0499. The van der Waals surface area contributed by atoms with Crippen molar-refractivity contribution in [2.75, 3.05) is 26.2 Å². The lowest BCUT2D eigenvalue weighted by Crippen LogP contribution is -2.52. The first-order valence-electron chi connectivity index (χ1n) is 10.7. The molecule has 0 aliphatic carbocycles. The molecule has 1 aliphatic rings. The highest BCUT2D eigenvalue weighted by atomic mass is 16.3. The van der Waals surface area contributed by atoms with E-state index in [1.165, 1.54) is 11.1 Å². The van der Waals surface area contributed by atoms with Gasteiger partial charge in [0.2, 0.25) is 0 Å². The normalized spacial score (nSPS) is 17.9. The van der Waals surface area contributed by atoms with Crippen LogP contribution in [0.4, 0.5) is 0 Å². The van der Waals surface area contributed by atoms with Crippen LogP contribution in [0.3, 0.4) is 0 Å². The minimum absolute atomic E-state index is 0.220. The minimum Gasteiger partial charge on any atom is -0.396 e. The number of aryl methyl sites for hydroxylation is 1. The van der Waals surface area contributed by atoms with Crippen LogP contribution in [0.25, 0.3) is 11.4 Å². The van der Waals surface area contributed by atoms with Gasteiger partial charge in [-0.25, -0.2) is 9.97 Å². The van der Waals surface area contributed by atoms with E-state index in [0.717, 1.165) is 56.1 Å². The Morgan fingerprint density at radius 1 is 0.900 bits per heavy atom. The molecule has 2 aromatic carbocycles. The monoisotopic (exact) mass is 402 g/mol. The van der Waals surface area contributed by atoms with Crippen molar-refractivity contribution in [2.45, 2.75) is 32.5 Å². The van der Waals surface area contributed by atoms with Gasteiger partial charge in [-0.3, -0.25) is 9.80 Å². The smallest absolute Gasteiger partial charge is 0.159 e.